The number of aromatic nitrogens is 1. The van der Waals surface area contributed by atoms with Crippen LogP contribution in [0.1, 0.15) is 0 Å². The van der Waals surface area contributed by atoms with Crippen LogP contribution >= 0.6 is 11.3 Å². The first-order valence-corrected chi connectivity index (χ1v) is 7.85. The van der Waals surface area contributed by atoms with Gasteiger partial charge in [-0.2, -0.15) is 0 Å². The molecule has 0 spiro atoms. The van der Waals surface area contributed by atoms with E-state index in [-0.39, 0.29) is 5.52 Å². The maximum Gasteiger partial charge on any atom is 0.186 e. The zero-order chi connectivity index (χ0) is 14.4. The van der Waals surface area contributed by atoms with E-state index in [4.69, 9.17) is 4.74 Å². The number of hydrogen-bond donors (Lipinski definition) is 0. The van der Waals surface area contributed by atoms with E-state index >= 15 is 0 Å². The number of hydrogen-bond acceptors (Lipinski definition) is 5. The summed E-state index contributed by atoms with van der Waals surface area (Å²) in [6.45, 7) is 5.31. The molecule has 21 heavy (non-hydrogen) atoms. The molecule has 0 bridgehead atoms. The standard InChI is InChI=1S/C14H15F2N3OS/c15-9-5-11(16)13-12(6-9)21-14(17-13)19-7-10(8-19)18-1-3-20-4-2-18/h5-6,10H,1-4,7-8H2. The molecule has 2 aliphatic heterocycles. The fraction of sp³-hybridized carbons (Fsp3) is 0.500. The lowest BCUT2D eigenvalue weighted by atomic mass is 10.1. The molecule has 2 fully saturated rings. The Bertz CT molecular complexity index is 666. The molecule has 2 aliphatic rings. The van der Waals surface area contributed by atoms with Crippen molar-refractivity contribution in [2.75, 3.05) is 44.3 Å². The van der Waals surface area contributed by atoms with Crippen molar-refractivity contribution in [1.82, 2.24) is 9.88 Å². The van der Waals surface area contributed by atoms with Gasteiger partial charge in [0.2, 0.25) is 0 Å². The number of morpholine rings is 1. The van der Waals surface area contributed by atoms with Gasteiger partial charge in [0.05, 0.1) is 17.9 Å². The molecule has 0 unspecified atom stereocenters. The van der Waals surface area contributed by atoms with Gasteiger partial charge in [-0.05, 0) is 6.07 Å². The predicted molar refractivity (Wildman–Crippen MR) is 77.9 cm³/mol. The minimum atomic E-state index is -0.585. The van der Waals surface area contributed by atoms with Crippen LogP contribution in [-0.4, -0.2) is 55.3 Å². The van der Waals surface area contributed by atoms with Crippen molar-refractivity contribution in [2.45, 2.75) is 6.04 Å². The highest BCUT2D eigenvalue weighted by molar-refractivity contribution is 7.22. The first-order chi connectivity index (χ1) is 10.2. The molecule has 2 aromatic rings. The second-order valence-electron chi connectivity index (χ2n) is 5.44. The molecule has 0 N–H and O–H groups in total. The number of thiazole rings is 1. The minimum Gasteiger partial charge on any atom is -0.379 e. The molecule has 1 aromatic carbocycles. The summed E-state index contributed by atoms with van der Waals surface area (Å²) >= 11 is 1.35. The highest BCUT2D eigenvalue weighted by Crippen LogP contribution is 2.34. The molecule has 7 heteroatoms. The van der Waals surface area contributed by atoms with Crippen LogP contribution in [0.5, 0.6) is 0 Å². The Morgan fingerprint density at radius 3 is 2.71 bits per heavy atom. The quantitative estimate of drug-likeness (QED) is 0.849. The molecule has 3 heterocycles. The number of rotatable bonds is 2. The van der Waals surface area contributed by atoms with Crippen molar-refractivity contribution in [2.24, 2.45) is 0 Å². The Morgan fingerprint density at radius 2 is 1.95 bits per heavy atom. The lowest BCUT2D eigenvalue weighted by molar-refractivity contribution is 0.0105. The Kier molecular flexibility index (Phi) is 3.28. The lowest BCUT2D eigenvalue weighted by Crippen LogP contribution is -2.61. The number of nitrogens with zero attached hydrogens (tertiary/aromatic N) is 3. The smallest absolute Gasteiger partial charge is 0.186 e. The summed E-state index contributed by atoms with van der Waals surface area (Å²) in [7, 11) is 0. The normalized spacial score (nSPS) is 21.0. The minimum absolute atomic E-state index is 0.270. The van der Waals surface area contributed by atoms with Crippen molar-refractivity contribution in [3.05, 3.63) is 23.8 Å². The van der Waals surface area contributed by atoms with Crippen LogP contribution in [-0.2, 0) is 4.74 Å². The molecule has 0 saturated carbocycles. The van der Waals surface area contributed by atoms with Gasteiger partial charge < -0.3 is 9.64 Å². The van der Waals surface area contributed by atoms with Crippen molar-refractivity contribution in [3.8, 4) is 0 Å². The Balaban J connectivity index is 1.49. The topological polar surface area (TPSA) is 28.6 Å². The van der Waals surface area contributed by atoms with Crippen LogP contribution in [0.25, 0.3) is 10.2 Å². The van der Waals surface area contributed by atoms with Gasteiger partial charge in [-0.15, -0.1) is 0 Å². The predicted octanol–water partition coefficient (Wildman–Crippen LogP) is 2.10. The molecule has 0 atom stereocenters. The van der Waals surface area contributed by atoms with Crippen LogP contribution in [0.3, 0.4) is 0 Å². The zero-order valence-corrected chi connectivity index (χ0v) is 12.2. The first-order valence-electron chi connectivity index (χ1n) is 7.03. The molecular weight excluding hydrogens is 296 g/mol. The monoisotopic (exact) mass is 311 g/mol. The molecular formula is C14H15F2N3OS. The van der Waals surface area contributed by atoms with Crippen molar-refractivity contribution in [3.63, 3.8) is 0 Å². The summed E-state index contributed by atoms with van der Waals surface area (Å²) < 4.78 is 32.8. The maximum absolute atomic E-state index is 13.7. The van der Waals surface area contributed by atoms with Crippen molar-refractivity contribution in [1.29, 1.82) is 0 Å². The van der Waals surface area contributed by atoms with Crippen LogP contribution in [0.2, 0.25) is 0 Å². The number of ether oxygens (including phenoxy) is 1. The molecule has 0 aliphatic carbocycles. The van der Waals surface area contributed by atoms with Crippen molar-refractivity contribution < 1.29 is 13.5 Å². The molecule has 4 nitrogen and oxygen atoms in total. The van der Waals surface area contributed by atoms with E-state index in [1.54, 1.807) is 0 Å². The number of benzene rings is 1. The highest BCUT2D eigenvalue weighted by atomic mass is 32.1. The molecule has 2 saturated heterocycles. The summed E-state index contributed by atoms with van der Waals surface area (Å²) in [6.07, 6.45) is 0. The van der Waals surface area contributed by atoms with E-state index in [1.807, 2.05) is 0 Å². The molecule has 0 radical (unpaired) electrons. The van der Waals surface area contributed by atoms with Crippen molar-refractivity contribution >= 4 is 26.7 Å². The Hall–Kier alpha value is -1.31. The van der Waals surface area contributed by atoms with Gasteiger partial charge in [-0.3, -0.25) is 4.90 Å². The third-order valence-electron chi connectivity index (χ3n) is 4.10. The SMILES string of the molecule is Fc1cc(F)c2nc(N3CC(N4CCOCC4)C3)sc2c1. The molecule has 0 amide bonds. The van der Waals surface area contributed by atoms with E-state index in [1.165, 1.54) is 17.4 Å². The highest BCUT2D eigenvalue weighted by Gasteiger charge is 2.34. The summed E-state index contributed by atoms with van der Waals surface area (Å²) in [5.41, 5.74) is 0.270. The lowest BCUT2D eigenvalue weighted by Gasteiger charge is -2.46. The fourth-order valence-corrected chi connectivity index (χ4v) is 3.89. The van der Waals surface area contributed by atoms with Crippen LogP contribution in [0, 0.1) is 11.6 Å². The molecule has 4 rings (SSSR count). The molecule has 112 valence electrons. The van der Waals surface area contributed by atoms with Gasteiger partial charge in [0, 0.05) is 38.3 Å². The van der Waals surface area contributed by atoms with Gasteiger partial charge in [-0.25, -0.2) is 13.8 Å². The first kappa shape index (κ1) is 13.4. The van der Waals surface area contributed by atoms with Crippen LogP contribution in [0.15, 0.2) is 12.1 Å². The van der Waals surface area contributed by atoms with Gasteiger partial charge in [0.25, 0.3) is 0 Å². The Labute approximate surface area is 124 Å². The summed E-state index contributed by atoms with van der Waals surface area (Å²) in [5, 5.41) is 0.777. The van der Waals surface area contributed by atoms with Crippen LogP contribution < -0.4 is 4.90 Å². The van der Waals surface area contributed by atoms with Gasteiger partial charge >= 0.3 is 0 Å². The van der Waals surface area contributed by atoms with Gasteiger partial charge in [0.1, 0.15) is 11.3 Å². The number of anilines is 1. The summed E-state index contributed by atoms with van der Waals surface area (Å²) in [5.74, 6) is -1.14. The largest absolute Gasteiger partial charge is 0.379 e. The van der Waals surface area contributed by atoms with E-state index in [0.29, 0.717) is 10.7 Å². The summed E-state index contributed by atoms with van der Waals surface area (Å²) in [6, 6.07) is 2.75. The number of halogens is 2. The van der Waals surface area contributed by atoms with E-state index < -0.39 is 11.6 Å². The number of fused-ring (bicyclic) bond motifs is 1. The van der Waals surface area contributed by atoms with Gasteiger partial charge in [-0.1, -0.05) is 11.3 Å². The second-order valence-corrected chi connectivity index (χ2v) is 6.45. The van der Waals surface area contributed by atoms with E-state index in [0.717, 1.165) is 50.6 Å². The van der Waals surface area contributed by atoms with Crippen LogP contribution in [0.4, 0.5) is 13.9 Å². The Morgan fingerprint density at radius 1 is 1.19 bits per heavy atom. The zero-order valence-electron chi connectivity index (χ0n) is 11.4. The third kappa shape index (κ3) is 2.39. The second kappa shape index (κ2) is 5.15. The average molecular weight is 311 g/mol. The van der Waals surface area contributed by atoms with E-state index in [9.17, 15) is 8.78 Å². The molecule has 1 aromatic heterocycles. The fourth-order valence-electron chi connectivity index (χ4n) is 2.87. The average Bonchev–Trinajstić information content (AvgIpc) is 2.82. The third-order valence-corrected chi connectivity index (χ3v) is 5.16. The maximum atomic E-state index is 13.7. The van der Waals surface area contributed by atoms with E-state index in [2.05, 4.69) is 14.8 Å². The van der Waals surface area contributed by atoms with Gasteiger partial charge in [0.15, 0.2) is 10.9 Å². The summed E-state index contributed by atoms with van der Waals surface area (Å²) in [4.78, 5) is 8.87.